The summed E-state index contributed by atoms with van der Waals surface area (Å²) in [7, 11) is 4.23. The lowest BCUT2D eigenvalue weighted by Gasteiger charge is -2.29. The van der Waals surface area contributed by atoms with E-state index in [2.05, 4.69) is 38.0 Å². The van der Waals surface area contributed by atoms with Gasteiger partial charge in [-0.15, -0.1) is 0 Å². The smallest absolute Gasteiger partial charge is 0.0623 e. The van der Waals surface area contributed by atoms with Crippen LogP contribution in [0.25, 0.3) is 0 Å². The second-order valence-electron chi connectivity index (χ2n) is 5.95. The average Bonchev–Trinajstić information content (AvgIpc) is 2.48. The molecule has 2 unspecified atom stereocenters. The fourth-order valence-electron chi connectivity index (χ4n) is 2.37. The van der Waals surface area contributed by atoms with Gasteiger partial charge in [0, 0.05) is 25.0 Å². The van der Waals surface area contributed by atoms with E-state index in [9.17, 15) is 0 Å². The van der Waals surface area contributed by atoms with Crippen molar-refractivity contribution in [3.8, 4) is 0 Å². The Bertz CT molecular complexity index is 189. The molecule has 1 aliphatic heterocycles. The highest BCUT2D eigenvalue weighted by Gasteiger charge is 2.28. The van der Waals surface area contributed by atoms with Crippen LogP contribution in [0.4, 0.5) is 0 Å². The lowest BCUT2D eigenvalue weighted by Crippen LogP contribution is -2.41. The van der Waals surface area contributed by atoms with Crippen LogP contribution in [0.3, 0.4) is 0 Å². The highest BCUT2D eigenvalue weighted by Crippen LogP contribution is 2.18. The molecule has 2 atom stereocenters. The van der Waals surface area contributed by atoms with Gasteiger partial charge in [-0.2, -0.15) is 0 Å². The number of rotatable bonds is 4. The van der Waals surface area contributed by atoms with Crippen LogP contribution >= 0.6 is 0 Å². The van der Waals surface area contributed by atoms with Crippen LogP contribution in [0.1, 0.15) is 20.8 Å². The van der Waals surface area contributed by atoms with E-state index >= 15 is 0 Å². The van der Waals surface area contributed by atoms with Gasteiger partial charge in [-0.3, -0.25) is 0 Å². The summed E-state index contributed by atoms with van der Waals surface area (Å²) in [5.41, 5.74) is 0.378. The first kappa shape index (κ1) is 12.9. The lowest BCUT2D eigenvalue weighted by atomic mass is 9.95. The van der Waals surface area contributed by atoms with Crippen LogP contribution < -0.4 is 5.32 Å². The van der Waals surface area contributed by atoms with Crippen molar-refractivity contribution in [2.75, 3.05) is 40.4 Å². The number of nitrogens with one attached hydrogen (secondary N) is 1. The molecule has 0 spiro atoms. The third kappa shape index (κ3) is 4.49. The zero-order valence-electron chi connectivity index (χ0n) is 10.8. The van der Waals surface area contributed by atoms with Gasteiger partial charge in [0.15, 0.2) is 0 Å². The Morgan fingerprint density at radius 1 is 1.33 bits per heavy atom. The first-order valence-corrected chi connectivity index (χ1v) is 5.86. The minimum absolute atomic E-state index is 0.378. The summed E-state index contributed by atoms with van der Waals surface area (Å²) in [4.78, 5) is 2.42. The van der Waals surface area contributed by atoms with Crippen LogP contribution in [0.15, 0.2) is 0 Å². The molecule has 1 heterocycles. The number of hydrogen-bond acceptors (Lipinski definition) is 3. The van der Waals surface area contributed by atoms with E-state index < -0.39 is 0 Å². The Morgan fingerprint density at radius 3 is 2.53 bits per heavy atom. The Hall–Kier alpha value is -0.120. The molecule has 0 bridgehead atoms. The molecule has 0 amide bonds. The van der Waals surface area contributed by atoms with Crippen LogP contribution in [0.5, 0.6) is 0 Å². The van der Waals surface area contributed by atoms with Crippen molar-refractivity contribution in [2.24, 2.45) is 11.3 Å². The maximum atomic E-state index is 5.50. The number of nitrogens with zero attached hydrogens (tertiary/aromatic N) is 1. The molecular weight excluding hydrogens is 188 g/mol. The Labute approximate surface area is 94.2 Å². The van der Waals surface area contributed by atoms with E-state index in [1.54, 1.807) is 0 Å². The normalized spacial score (nSPS) is 27.6. The van der Waals surface area contributed by atoms with E-state index in [0.29, 0.717) is 17.4 Å². The maximum absolute atomic E-state index is 5.50. The number of likely N-dealkylation sites (N-methyl/N-ethyl adjacent to an activating group) is 1. The third-order valence-corrected chi connectivity index (χ3v) is 2.86. The predicted octanol–water partition coefficient (Wildman–Crippen LogP) is 1.20. The molecule has 1 aliphatic rings. The van der Waals surface area contributed by atoms with Crippen LogP contribution in [-0.4, -0.2) is 51.3 Å². The van der Waals surface area contributed by atoms with Gasteiger partial charge < -0.3 is 15.0 Å². The molecule has 0 radical (unpaired) electrons. The number of ether oxygens (including phenoxy) is 1. The molecule has 0 saturated carbocycles. The molecule has 3 heteroatoms. The molecule has 1 fully saturated rings. The van der Waals surface area contributed by atoms with Crippen molar-refractivity contribution in [2.45, 2.75) is 26.8 Å². The maximum Gasteiger partial charge on any atom is 0.0623 e. The van der Waals surface area contributed by atoms with Crippen molar-refractivity contribution in [1.29, 1.82) is 0 Å². The zero-order chi connectivity index (χ0) is 11.5. The summed E-state index contributed by atoms with van der Waals surface area (Å²) < 4.78 is 5.50. The Kier molecular flexibility index (Phi) is 4.56. The lowest BCUT2D eigenvalue weighted by molar-refractivity contribution is 0.160. The van der Waals surface area contributed by atoms with Crippen molar-refractivity contribution in [1.82, 2.24) is 10.2 Å². The molecule has 3 nitrogen and oxygen atoms in total. The summed E-state index contributed by atoms with van der Waals surface area (Å²) in [6.07, 6.45) is 0. The van der Waals surface area contributed by atoms with Gasteiger partial charge in [0.1, 0.15) is 0 Å². The molecule has 0 aromatic rings. The molecule has 0 aliphatic carbocycles. The average molecular weight is 214 g/mol. The van der Waals surface area contributed by atoms with E-state index in [0.717, 1.165) is 26.3 Å². The van der Waals surface area contributed by atoms with Crippen LogP contribution in [0, 0.1) is 11.3 Å². The van der Waals surface area contributed by atoms with Gasteiger partial charge in [0.05, 0.1) is 13.2 Å². The van der Waals surface area contributed by atoms with E-state index in [1.165, 1.54) is 0 Å². The molecule has 1 N–H and O–H groups in total. The second kappa shape index (κ2) is 5.28. The molecule has 90 valence electrons. The molecule has 1 rings (SSSR count). The standard InChI is InChI=1S/C12H26N2O/c1-12(2,3)9-14(5)6-10-7-15-8-11(10)13-4/h10-11,13H,6-9H2,1-5H3. The molecule has 0 aromatic carbocycles. The van der Waals surface area contributed by atoms with Gasteiger partial charge in [0.25, 0.3) is 0 Å². The van der Waals surface area contributed by atoms with Crippen molar-refractivity contribution < 1.29 is 4.74 Å². The SMILES string of the molecule is CNC1COCC1CN(C)CC(C)(C)C. The van der Waals surface area contributed by atoms with Gasteiger partial charge in [-0.05, 0) is 19.5 Å². The summed E-state index contributed by atoms with van der Waals surface area (Å²) in [6.45, 7) is 10.9. The van der Waals surface area contributed by atoms with Crippen molar-refractivity contribution in [3.05, 3.63) is 0 Å². The minimum atomic E-state index is 0.378. The zero-order valence-corrected chi connectivity index (χ0v) is 10.8. The first-order chi connectivity index (χ1) is 6.92. The molecule has 15 heavy (non-hydrogen) atoms. The summed E-state index contributed by atoms with van der Waals surface area (Å²) in [5, 5.41) is 3.33. The monoisotopic (exact) mass is 214 g/mol. The van der Waals surface area contributed by atoms with Crippen LogP contribution in [0.2, 0.25) is 0 Å². The highest BCUT2D eigenvalue weighted by molar-refractivity contribution is 4.82. The quantitative estimate of drug-likeness (QED) is 0.761. The van der Waals surface area contributed by atoms with Gasteiger partial charge in [0.2, 0.25) is 0 Å². The predicted molar refractivity (Wildman–Crippen MR) is 64.1 cm³/mol. The largest absolute Gasteiger partial charge is 0.379 e. The van der Waals surface area contributed by atoms with E-state index in [-0.39, 0.29) is 0 Å². The topological polar surface area (TPSA) is 24.5 Å². The van der Waals surface area contributed by atoms with E-state index in [4.69, 9.17) is 4.74 Å². The van der Waals surface area contributed by atoms with Gasteiger partial charge in [-0.25, -0.2) is 0 Å². The molecular formula is C12H26N2O. The highest BCUT2D eigenvalue weighted by atomic mass is 16.5. The second-order valence-corrected chi connectivity index (χ2v) is 5.95. The van der Waals surface area contributed by atoms with Gasteiger partial charge in [-0.1, -0.05) is 20.8 Å². The molecule has 0 aromatic heterocycles. The summed E-state index contributed by atoms with van der Waals surface area (Å²) >= 11 is 0. The third-order valence-electron chi connectivity index (χ3n) is 2.86. The minimum Gasteiger partial charge on any atom is -0.379 e. The fraction of sp³-hybridized carbons (Fsp3) is 1.00. The van der Waals surface area contributed by atoms with Crippen molar-refractivity contribution >= 4 is 0 Å². The van der Waals surface area contributed by atoms with Crippen LogP contribution in [-0.2, 0) is 4.74 Å². The molecule has 1 saturated heterocycles. The number of hydrogen-bond donors (Lipinski definition) is 1. The van der Waals surface area contributed by atoms with Gasteiger partial charge >= 0.3 is 0 Å². The Morgan fingerprint density at radius 2 is 2.00 bits per heavy atom. The Balaban J connectivity index is 2.34. The van der Waals surface area contributed by atoms with Crippen molar-refractivity contribution in [3.63, 3.8) is 0 Å². The first-order valence-electron chi connectivity index (χ1n) is 5.86. The summed E-state index contributed by atoms with van der Waals surface area (Å²) in [6, 6.07) is 0.535. The van der Waals surface area contributed by atoms with E-state index in [1.807, 2.05) is 7.05 Å². The fourth-order valence-corrected chi connectivity index (χ4v) is 2.37. The summed E-state index contributed by atoms with van der Waals surface area (Å²) in [5.74, 6) is 0.641.